The molecular weight excluding hydrogens is 152 g/mol. The first-order valence-corrected chi connectivity index (χ1v) is 5.30. The molecule has 0 aromatic carbocycles. The van der Waals surface area contributed by atoms with Crippen molar-refractivity contribution in [2.75, 3.05) is 0 Å². The predicted molar refractivity (Wildman–Crippen MR) is 52.0 cm³/mol. The van der Waals surface area contributed by atoms with Gasteiger partial charge in [0.05, 0.1) is 0 Å². The summed E-state index contributed by atoms with van der Waals surface area (Å²) in [7, 11) is 0. The molecule has 2 unspecified atom stereocenters. The second-order valence-corrected chi connectivity index (χ2v) is 5.50. The van der Waals surface area contributed by atoms with Crippen molar-refractivity contribution in [2.45, 2.75) is 44.3 Å². The maximum Gasteiger partial charge on any atom is 0.0181 e. The molecule has 0 heterocycles. The zero-order chi connectivity index (χ0) is 8.06. The second-order valence-electron chi connectivity index (χ2n) is 4.67. The molecule has 1 heteroatoms. The van der Waals surface area contributed by atoms with E-state index in [-0.39, 0.29) is 0 Å². The molecule has 3 rings (SSSR count). The lowest BCUT2D eigenvalue weighted by molar-refractivity contribution is 0.0853. The first-order chi connectivity index (χ1) is 5.13. The minimum atomic E-state index is 0.398. The lowest BCUT2D eigenvalue weighted by Crippen LogP contribution is -2.48. The van der Waals surface area contributed by atoms with E-state index < -0.39 is 0 Å². The quantitative estimate of drug-likeness (QED) is 0.531. The van der Waals surface area contributed by atoms with Crippen LogP contribution in [0.25, 0.3) is 0 Å². The van der Waals surface area contributed by atoms with Gasteiger partial charge in [-0.2, -0.15) is 12.6 Å². The lowest BCUT2D eigenvalue weighted by atomic mass is 9.60. The van der Waals surface area contributed by atoms with E-state index >= 15 is 0 Å². The molecule has 0 radical (unpaired) electrons. The molecule has 0 saturated heterocycles. The minimum absolute atomic E-state index is 0.398. The fraction of sp³-hybridized carbons (Fsp3) is 1.00. The molecular formula is C10H18S. The standard InChI is InChI=1S/C10H18S/c1-7-5-9-3-4-10(7,11)8(2)6-9/h7-9,11H,3-6H2,1-2H3. The molecule has 3 saturated carbocycles. The van der Waals surface area contributed by atoms with Gasteiger partial charge < -0.3 is 0 Å². The topological polar surface area (TPSA) is 0 Å². The monoisotopic (exact) mass is 170 g/mol. The molecule has 0 N–H and O–H groups in total. The first-order valence-electron chi connectivity index (χ1n) is 4.85. The Hall–Kier alpha value is 0.350. The summed E-state index contributed by atoms with van der Waals surface area (Å²) in [5, 5.41) is 0. The summed E-state index contributed by atoms with van der Waals surface area (Å²) < 4.78 is 0.398. The second kappa shape index (κ2) is 2.42. The summed E-state index contributed by atoms with van der Waals surface area (Å²) in [5.41, 5.74) is 0. The van der Waals surface area contributed by atoms with E-state index in [9.17, 15) is 0 Å². The van der Waals surface area contributed by atoms with Gasteiger partial charge in [-0.15, -0.1) is 0 Å². The van der Waals surface area contributed by atoms with Gasteiger partial charge in [0.25, 0.3) is 0 Å². The van der Waals surface area contributed by atoms with E-state index in [1.165, 1.54) is 25.7 Å². The van der Waals surface area contributed by atoms with E-state index in [0.29, 0.717) is 4.75 Å². The summed E-state index contributed by atoms with van der Waals surface area (Å²) in [6.45, 7) is 4.77. The average Bonchev–Trinajstić information content (AvgIpc) is 1.94. The molecule has 0 nitrogen and oxygen atoms in total. The zero-order valence-electron chi connectivity index (χ0n) is 7.51. The maximum absolute atomic E-state index is 4.88. The van der Waals surface area contributed by atoms with Crippen LogP contribution in [0, 0.1) is 17.8 Å². The Morgan fingerprint density at radius 3 is 2.09 bits per heavy atom. The van der Waals surface area contributed by atoms with Crippen molar-refractivity contribution in [1.82, 2.24) is 0 Å². The van der Waals surface area contributed by atoms with E-state index in [4.69, 9.17) is 12.6 Å². The van der Waals surface area contributed by atoms with Crippen LogP contribution in [0.4, 0.5) is 0 Å². The highest BCUT2D eigenvalue weighted by Crippen LogP contribution is 2.54. The van der Waals surface area contributed by atoms with Crippen LogP contribution in [0.5, 0.6) is 0 Å². The van der Waals surface area contributed by atoms with Crippen molar-refractivity contribution in [1.29, 1.82) is 0 Å². The largest absolute Gasteiger partial charge is 0.172 e. The minimum Gasteiger partial charge on any atom is -0.172 e. The van der Waals surface area contributed by atoms with Gasteiger partial charge >= 0.3 is 0 Å². The third-order valence-corrected chi connectivity index (χ3v) is 5.14. The summed E-state index contributed by atoms with van der Waals surface area (Å²) in [6.07, 6.45) is 5.68. The number of rotatable bonds is 0. The molecule has 3 aliphatic rings. The van der Waals surface area contributed by atoms with Gasteiger partial charge in [-0.1, -0.05) is 13.8 Å². The summed E-state index contributed by atoms with van der Waals surface area (Å²) in [4.78, 5) is 0. The molecule has 2 atom stereocenters. The molecule has 64 valence electrons. The van der Waals surface area contributed by atoms with Crippen LogP contribution in [0.1, 0.15) is 39.5 Å². The third-order valence-electron chi connectivity index (χ3n) is 4.03. The number of hydrogen-bond donors (Lipinski definition) is 1. The highest BCUT2D eigenvalue weighted by Gasteiger charge is 2.47. The van der Waals surface area contributed by atoms with Crippen LogP contribution in [0.3, 0.4) is 0 Å². The van der Waals surface area contributed by atoms with E-state index in [1.54, 1.807) is 0 Å². The van der Waals surface area contributed by atoms with Crippen LogP contribution in [0.2, 0.25) is 0 Å². The van der Waals surface area contributed by atoms with Gasteiger partial charge in [-0.05, 0) is 43.4 Å². The fourth-order valence-electron chi connectivity index (χ4n) is 3.15. The molecule has 0 spiro atoms. The van der Waals surface area contributed by atoms with E-state index in [2.05, 4.69) is 13.8 Å². The Morgan fingerprint density at radius 1 is 1.18 bits per heavy atom. The van der Waals surface area contributed by atoms with E-state index in [1.807, 2.05) is 0 Å². The van der Waals surface area contributed by atoms with Gasteiger partial charge in [-0.3, -0.25) is 0 Å². The van der Waals surface area contributed by atoms with Gasteiger partial charge in [-0.25, -0.2) is 0 Å². The van der Waals surface area contributed by atoms with Crippen LogP contribution < -0.4 is 0 Å². The van der Waals surface area contributed by atoms with Gasteiger partial charge in [0, 0.05) is 4.75 Å². The first kappa shape index (κ1) is 7.97. The Balaban J connectivity index is 2.23. The Kier molecular flexibility index (Phi) is 1.75. The molecule has 2 bridgehead atoms. The van der Waals surface area contributed by atoms with Crippen molar-refractivity contribution in [3.63, 3.8) is 0 Å². The summed E-state index contributed by atoms with van der Waals surface area (Å²) >= 11 is 4.88. The van der Waals surface area contributed by atoms with Crippen molar-refractivity contribution in [3.8, 4) is 0 Å². The van der Waals surface area contributed by atoms with Crippen molar-refractivity contribution in [2.24, 2.45) is 17.8 Å². The van der Waals surface area contributed by atoms with Crippen LogP contribution in [0.15, 0.2) is 0 Å². The zero-order valence-corrected chi connectivity index (χ0v) is 8.40. The van der Waals surface area contributed by atoms with Crippen molar-refractivity contribution >= 4 is 12.6 Å². The smallest absolute Gasteiger partial charge is 0.0181 e. The molecule has 0 aromatic rings. The molecule has 0 aliphatic heterocycles. The Labute approximate surface area is 75.2 Å². The molecule has 3 aliphatic carbocycles. The predicted octanol–water partition coefficient (Wildman–Crippen LogP) is 3.13. The fourth-order valence-corrected chi connectivity index (χ4v) is 3.49. The Morgan fingerprint density at radius 2 is 1.73 bits per heavy atom. The Bertz CT molecular complexity index is 152. The SMILES string of the molecule is CC1CC2CCC1(S)C(C)C2. The normalized spacial score (nSPS) is 56.5. The maximum atomic E-state index is 4.88. The summed E-state index contributed by atoms with van der Waals surface area (Å²) in [6, 6.07) is 0. The number of hydrogen-bond acceptors (Lipinski definition) is 1. The molecule has 0 amide bonds. The van der Waals surface area contributed by atoms with Crippen LogP contribution in [-0.4, -0.2) is 4.75 Å². The van der Waals surface area contributed by atoms with Crippen LogP contribution in [-0.2, 0) is 0 Å². The molecule has 11 heavy (non-hydrogen) atoms. The molecule has 3 fully saturated rings. The number of fused-ring (bicyclic) bond motifs is 3. The van der Waals surface area contributed by atoms with Gasteiger partial charge in [0.15, 0.2) is 0 Å². The number of thiol groups is 1. The highest BCUT2D eigenvalue weighted by atomic mass is 32.1. The van der Waals surface area contributed by atoms with Crippen LogP contribution >= 0.6 is 12.6 Å². The highest BCUT2D eigenvalue weighted by molar-refractivity contribution is 7.81. The van der Waals surface area contributed by atoms with Crippen molar-refractivity contribution in [3.05, 3.63) is 0 Å². The summed E-state index contributed by atoms with van der Waals surface area (Å²) in [5.74, 6) is 2.75. The third kappa shape index (κ3) is 1.04. The van der Waals surface area contributed by atoms with Crippen molar-refractivity contribution < 1.29 is 0 Å². The van der Waals surface area contributed by atoms with E-state index in [0.717, 1.165) is 17.8 Å². The van der Waals surface area contributed by atoms with Gasteiger partial charge in [0.2, 0.25) is 0 Å². The average molecular weight is 170 g/mol. The molecule has 0 aromatic heterocycles. The van der Waals surface area contributed by atoms with Gasteiger partial charge in [0.1, 0.15) is 0 Å². The lowest BCUT2D eigenvalue weighted by Gasteiger charge is -2.52.